The summed E-state index contributed by atoms with van der Waals surface area (Å²) in [6, 6.07) is 4.29. The zero-order valence-electron chi connectivity index (χ0n) is 16.7. The number of hydrogen-bond acceptors (Lipinski definition) is 4. The minimum atomic E-state index is 0.248. The van der Waals surface area contributed by atoms with Crippen LogP contribution in [0, 0.1) is 5.92 Å². The van der Waals surface area contributed by atoms with E-state index in [0.717, 1.165) is 57.5 Å². The summed E-state index contributed by atoms with van der Waals surface area (Å²) in [6.07, 6.45) is 6.59. The molecule has 0 amide bonds. The van der Waals surface area contributed by atoms with Gasteiger partial charge in [0.2, 0.25) is 0 Å². The number of aliphatic imine (C=N–C) groups is 1. The molecule has 0 aromatic carbocycles. The molecule has 1 aromatic rings. The molecule has 26 heavy (non-hydrogen) atoms. The van der Waals surface area contributed by atoms with E-state index in [0.29, 0.717) is 5.92 Å². The Kier molecular flexibility index (Phi) is 9.56. The van der Waals surface area contributed by atoms with Crippen molar-refractivity contribution in [2.75, 3.05) is 46.4 Å². The molecular weight excluding hydrogens is 328 g/mol. The van der Waals surface area contributed by atoms with E-state index in [1.807, 2.05) is 13.1 Å². The number of likely N-dealkylation sites (tertiary alicyclic amines) is 1. The van der Waals surface area contributed by atoms with E-state index in [9.17, 15) is 0 Å². The molecule has 6 heteroatoms. The monoisotopic (exact) mass is 364 g/mol. The molecular formula is C20H36N4O2. The lowest BCUT2D eigenvalue weighted by molar-refractivity contribution is 0.108. The summed E-state index contributed by atoms with van der Waals surface area (Å²) in [5, 5.41) is 6.83. The van der Waals surface area contributed by atoms with Gasteiger partial charge < -0.3 is 19.8 Å². The van der Waals surface area contributed by atoms with E-state index < -0.39 is 0 Å². The van der Waals surface area contributed by atoms with Crippen molar-refractivity contribution in [3.63, 3.8) is 0 Å². The highest BCUT2D eigenvalue weighted by atomic mass is 16.5. The topological polar surface area (TPSA) is 62.0 Å². The van der Waals surface area contributed by atoms with Crippen LogP contribution in [-0.4, -0.2) is 57.3 Å². The van der Waals surface area contributed by atoms with Crippen molar-refractivity contribution in [2.24, 2.45) is 10.9 Å². The molecule has 1 saturated heterocycles. The quantitative estimate of drug-likeness (QED) is 0.380. The Bertz CT molecular complexity index is 496. The average Bonchev–Trinajstić information content (AvgIpc) is 3.18. The maximum atomic E-state index is 5.70. The highest BCUT2D eigenvalue weighted by Gasteiger charge is 2.24. The fourth-order valence-electron chi connectivity index (χ4n) is 3.23. The van der Waals surface area contributed by atoms with Gasteiger partial charge in [-0.05, 0) is 50.4 Å². The second kappa shape index (κ2) is 12.0. The van der Waals surface area contributed by atoms with Gasteiger partial charge in [-0.2, -0.15) is 0 Å². The van der Waals surface area contributed by atoms with Gasteiger partial charge in [-0.3, -0.25) is 9.89 Å². The van der Waals surface area contributed by atoms with Crippen molar-refractivity contribution in [1.82, 2.24) is 15.5 Å². The van der Waals surface area contributed by atoms with E-state index in [-0.39, 0.29) is 6.04 Å². The molecule has 1 unspecified atom stereocenters. The Labute approximate surface area is 158 Å². The zero-order chi connectivity index (χ0) is 18.6. The predicted molar refractivity (Wildman–Crippen MR) is 107 cm³/mol. The smallest absolute Gasteiger partial charge is 0.191 e. The fourth-order valence-corrected chi connectivity index (χ4v) is 3.23. The molecule has 1 aromatic heterocycles. The summed E-state index contributed by atoms with van der Waals surface area (Å²) in [5.41, 5.74) is 0. The van der Waals surface area contributed by atoms with Gasteiger partial charge in [0.25, 0.3) is 0 Å². The first kappa shape index (κ1) is 20.8. The van der Waals surface area contributed by atoms with Gasteiger partial charge >= 0.3 is 0 Å². The molecule has 6 nitrogen and oxygen atoms in total. The minimum absolute atomic E-state index is 0.248. The molecule has 0 aliphatic carbocycles. The molecule has 2 rings (SSSR count). The third-order valence-corrected chi connectivity index (χ3v) is 4.60. The Balaban J connectivity index is 1.75. The number of guanidine groups is 1. The van der Waals surface area contributed by atoms with Gasteiger partial charge in [-0.25, -0.2) is 0 Å². The van der Waals surface area contributed by atoms with Crippen molar-refractivity contribution < 1.29 is 9.15 Å². The maximum absolute atomic E-state index is 5.70. The highest BCUT2D eigenvalue weighted by Crippen LogP contribution is 2.24. The number of piperidine rings is 1. The molecule has 1 aliphatic heterocycles. The summed E-state index contributed by atoms with van der Waals surface area (Å²) in [4.78, 5) is 6.85. The van der Waals surface area contributed by atoms with Gasteiger partial charge in [0.05, 0.1) is 12.3 Å². The molecule has 2 heterocycles. The Hall–Kier alpha value is -1.53. The van der Waals surface area contributed by atoms with E-state index in [2.05, 4.69) is 40.4 Å². The van der Waals surface area contributed by atoms with Crippen molar-refractivity contribution >= 4 is 5.96 Å². The van der Waals surface area contributed by atoms with E-state index >= 15 is 0 Å². The predicted octanol–water partition coefficient (Wildman–Crippen LogP) is 3.03. The lowest BCUT2D eigenvalue weighted by Crippen LogP contribution is -2.44. The summed E-state index contributed by atoms with van der Waals surface area (Å²) in [6.45, 7) is 9.85. The first-order chi connectivity index (χ1) is 12.7. The first-order valence-electron chi connectivity index (χ1n) is 10.0. The number of rotatable bonds is 10. The zero-order valence-corrected chi connectivity index (χ0v) is 16.7. The SMILES string of the molecule is CN=C(NCCCOCC(C)C)NCC(c1ccco1)N1CCCCC1. The largest absolute Gasteiger partial charge is 0.468 e. The third kappa shape index (κ3) is 7.38. The van der Waals surface area contributed by atoms with E-state index in [1.165, 1.54) is 19.3 Å². The number of nitrogens with one attached hydrogen (secondary N) is 2. The van der Waals surface area contributed by atoms with Gasteiger partial charge in [0.15, 0.2) is 5.96 Å². The normalized spacial score (nSPS) is 17.5. The summed E-state index contributed by atoms with van der Waals surface area (Å²) in [7, 11) is 1.81. The van der Waals surface area contributed by atoms with Crippen LogP contribution >= 0.6 is 0 Å². The van der Waals surface area contributed by atoms with Crippen molar-refractivity contribution in [1.29, 1.82) is 0 Å². The first-order valence-corrected chi connectivity index (χ1v) is 10.0. The molecule has 0 radical (unpaired) electrons. The number of ether oxygens (including phenoxy) is 1. The lowest BCUT2D eigenvalue weighted by atomic mass is 10.1. The van der Waals surface area contributed by atoms with E-state index in [4.69, 9.17) is 9.15 Å². The molecule has 1 atom stereocenters. The van der Waals surface area contributed by atoms with Crippen LogP contribution < -0.4 is 10.6 Å². The van der Waals surface area contributed by atoms with Crippen LogP contribution in [0.3, 0.4) is 0 Å². The van der Waals surface area contributed by atoms with Crippen LogP contribution in [0.2, 0.25) is 0 Å². The van der Waals surface area contributed by atoms with Crippen molar-refractivity contribution in [3.05, 3.63) is 24.2 Å². The molecule has 1 fully saturated rings. The Morgan fingerprint density at radius 1 is 1.27 bits per heavy atom. The van der Waals surface area contributed by atoms with Crippen LogP contribution in [0.25, 0.3) is 0 Å². The highest BCUT2D eigenvalue weighted by molar-refractivity contribution is 5.79. The molecule has 0 bridgehead atoms. The van der Waals surface area contributed by atoms with Crippen LogP contribution in [0.4, 0.5) is 0 Å². The fraction of sp³-hybridized carbons (Fsp3) is 0.750. The molecule has 1 aliphatic rings. The van der Waals surface area contributed by atoms with Crippen LogP contribution in [0.5, 0.6) is 0 Å². The van der Waals surface area contributed by atoms with Gasteiger partial charge in [-0.1, -0.05) is 20.3 Å². The van der Waals surface area contributed by atoms with Crippen LogP contribution in [-0.2, 0) is 4.74 Å². The third-order valence-electron chi connectivity index (χ3n) is 4.60. The molecule has 2 N–H and O–H groups in total. The Morgan fingerprint density at radius 3 is 2.73 bits per heavy atom. The van der Waals surface area contributed by atoms with Crippen LogP contribution in [0.15, 0.2) is 27.8 Å². The summed E-state index contributed by atoms with van der Waals surface area (Å²) in [5.74, 6) is 2.45. The van der Waals surface area contributed by atoms with Gasteiger partial charge in [-0.15, -0.1) is 0 Å². The minimum Gasteiger partial charge on any atom is -0.468 e. The van der Waals surface area contributed by atoms with Crippen molar-refractivity contribution in [3.8, 4) is 0 Å². The number of hydrogen-bond donors (Lipinski definition) is 2. The second-order valence-electron chi connectivity index (χ2n) is 7.33. The molecule has 0 saturated carbocycles. The molecule has 148 valence electrons. The van der Waals surface area contributed by atoms with Gasteiger partial charge in [0.1, 0.15) is 5.76 Å². The maximum Gasteiger partial charge on any atom is 0.191 e. The average molecular weight is 365 g/mol. The number of furan rings is 1. The summed E-state index contributed by atoms with van der Waals surface area (Å²) < 4.78 is 11.3. The summed E-state index contributed by atoms with van der Waals surface area (Å²) >= 11 is 0. The number of nitrogens with zero attached hydrogens (tertiary/aromatic N) is 2. The second-order valence-corrected chi connectivity index (χ2v) is 7.33. The van der Waals surface area contributed by atoms with E-state index in [1.54, 1.807) is 6.26 Å². The molecule has 0 spiro atoms. The lowest BCUT2D eigenvalue weighted by Gasteiger charge is -2.33. The van der Waals surface area contributed by atoms with Gasteiger partial charge in [0, 0.05) is 33.4 Å². The Morgan fingerprint density at radius 2 is 2.08 bits per heavy atom. The van der Waals surface area contributed by atoms with Crippen LogP contribution in [0.1, 0.15) is 51.3 Å². The standard InChI is InChI=1S/C20H36N4O2/c1-17(2)16-25-13-8-10-22-20(21-3)23-15-18(19-9-7-14-26-19)24-11-5-4-6-12-24/h7,9,14,17-18H,4-6,8,10-13,15-16H2,1-3H3,(H2,21,22,23). The van der Waals surface area contributed by atoms with Crippen molar-refractivity contribution in [2.45, 2.75) is 45.6 Å².